The Balaban J connectivity index is 1.52. The van der Waals surface area contributed by atoms with Crippen LogP contribution < -0.4 is 10.1 Å². The number of nitrogens with zero attached hydrogens (tertiary/aromatic N) is 4. The summed E-state index contributed by atoms with van der Waals surface area (Å²) in [6.45, 7) is 7.09. The molecule has 1 unspecified atom stereocenters. The van der Waals surface area contributed by atoms with Crippen LogP contribution >= 0.6 is 0 Å². The number of aromatic nitrogens is 2. The van der Waals surface area contributed by atoms with Gasteiger partial charge in [0.2, 0.25) is 11.8 Å². The van der Waals surface area contributed by atoms with Gasteiger partial charge in [0.1, 0.15) is 17.6 Å². The topological polar surface area (TPSA) is 87.7 Å². The lowest BCUT2D eigenvalue weighted by Crippen LogP contribution is -2.64. The molecule has 0 saturated carbocycles. The maximum atomic E-state index is 15.0. The first-order valence-electron chi connectivity index (χ1n) is 14.6. The molecule has 1 fully saturated rings. The monoisotopic (exact) mass is 615 g/mol. The van der Waals surface area contributed by atoms with Crippen molar-refractivity contribution in [2.45, 2.75) is 71.6 Å². The summed E-state index contributed by atoms with van der Waals surface area (Å²) in [4.78, 5) is 38.6. The second kappa shape index (κ2) is 14.1. The van der Waals surface area contributed by atoms with Gasteiger partial charge in [-0.2, -0.15) is 13.2 Å². The van der Waals surface area contributed by atoms with Gasteiger partial charge in [0, 0.05) is 61.7 Å². The molecule has 1 aliphatic heterocycles. The lowest BCUT2D eigenvalue weighted by atomic mass is 10.0. The number of hydrogen-bond donors (Lipinski definition) is 1. The van der Waals surface area contributed by atoms with E-state index >= 15 is 4.39 Å². The Morgan fingerprint density at radius 3 is 2.34 bits per heavy atom. The average Bonchev–Trinajstić information content (AvgIpc) is 2.99. The van der Waals surface area contributed by atoms with Gasteiger partial charge < -0.3 is 15.0 Å². The van der Waals surface area contributed by atoms with Gasteiger partial charge in [-0.1, -0.05) is 51.1 Å². The maximum absolute atomic E-state index is 15.0. The summed E-state index contributed by atoms with van der Waals surface area (Å²) in [7, 11) is 0. The largest absolute Gasteiger partial charge is 0.481 e. The zero-order valence-electron chi connectivity index (χ0n) is 25.1. The van der Waals surface area contributed by atoms with Crippen LogP contribution in [0.15, 0.2) is 60.9 Å². The molecule has 2 aromatic carbocycles. The minimum Gasteiger partial charge on any atom is -0.481 e. The predicted molar refractivity (Wildman–Crippen MR) is 157 cm³/mol. The molecule has 8 nitrogen and oxygen atoms in total. The van der Waals surface area contributed by atoms with Crippen molar-refractivity contribution < 1.29 is 31.9 Å². The van der Waals surface area contributed by atoms with E-state index in [0.717, 1.165) is 17.2 Å². The Kier molecular flexibility index (Phi) is 10.6. The molecule has 1 N–H and O–H groups in total. The first-order chi connectivity index (χ1) is 20.9. The van der Waals surface area contributed by atoms with Gasteiger partial charge in [-0.3, -0.25) is 14.5 Å². The van der Waals surface area contributed by atoms with Crippen LogP contribution in [-0.4, -0.2) is 69.0 Å². The molecular weight excluding hydrogens is 578 g/mol. The highest BCUT2D eigenvalue weighted by molar-refractivity contribution is 5.89. The third-order valence-corrected chi connectivity index (χ3v) is 7.52. The fraction of sp³-hybridized carbons (Fsp3) is 0.438. The molecule has 2 amide bonds. The van der Waals surface area contributed by atoms with Crippen molar-refractivity contribution in [3.63, 3.8) is 0 Å². The van der Waals surface area contributed by atoms with Gasteiger partial charge in [-0.25, -0.2) is 14.4 Å². The van der Waals surface area contributed by atoms with Crippen molar-refractivity contribution in [1.29, 1.82) is 0 Å². The molecule has 0 bridgehead atoms. The number of piperazine rings is 1. The number of ether oxygens (including phenoxy) is 1. The summed E-state index contributed by atoms with van der Waals surface area (Å²) in [5.41, 5.74) is 1.61. The van der Waals surface area contributed by atoms with Crippen LogP contribution in [0.3, 0.4) is 0 Å². The molecule has 4 rings (SSSR count). The Hall–Kier alpha value is -4.06. The second-order valence-electron chi connectivity index (χ2n) is 11.2. The summed E-state index contributed by atoms with van der Waals surface area (Å²) < 4.78 is 60.6. The third-order valence-electron chi connectivity index (χ3n) is 7.52. The summed E-state index contributed by atoms with van der Waals surface area (Å²) in [5.74, 6) is -1.29. The van der Waals surface area contributed by atoms with Crippen molar-refractivity contribution in [2.24, 2.45) is 5.92 Å². The maximum Gasteiger partial charge on any atom is 0.425 e. The van der Waals surface area contributed by atoms with Gasteiger partial charge in [0.25, 0.3) is 0 Å². The zero-order chi connectivity index (χ0) is 32.0. The number of hydrogen-bond acceptors (Lipinski definition) is 6. The standard InChI is InChI=1S/C32H37F4N5O3/c1-5-28(32(34,35)36)44-27-9-6-8-25(33)24(27)18-40-17-21(4)41(31(43)20(2)3)26(19-40)30(42)39-16-22-10-12-23(13-11-22)29-37-14-7-15-38-29/h6-15,20-21,26,28H,5,16-19H2,1-4H3,(H,39,42)/t21-,26-,28?/m1/s1. The zero-order valence-corrected chi connectivity index (χ0v) is 25.1. The smallest absolute Gasteiger partial charge is 0.425 e. The molecule has 2 heterocycles. The molecule has 12 heteroatoms. The molecule has 44 heavy (non-hydrogen) atoms. The van der Waals surface area contributed by atoms with Gasteiger partial charge in [-0.15, -0.1) is 0 Å². The van der Waals surface area contributed by atoms with Crippen LogP contribution in [0.1, 0.15) is 45.2 Å². The number of nitrogens with one attached hydrogen (secondary N) is 1. The molecule has 3 atom stereocenters. The molecule has 0 aliphatic carbocycles. The summed E-state index contributed by atoms with van der Waals surface area (Å²) >= 11 is 0. The summed E-state index contributed by atoms with van der Waals surface area (Å²) in [6, 6.07) is 11.6. The fourth-order valence-electron chi connectivity index (χ4n) is 5.27. The highest BCUT2D eigenvalue weighted by Gasteiger charge is 2.42. The number of halogens is 4. The van der Waals surface area contributed by atoms with Crippen LogP contribution in [-0.2, 0) is 22.7 Å². The molecular formula is C32H37F4N5O3. The highest BCUT2D eigenvalue weighted by atomic mass is 19.4. The Bertz CT molecular complexity index is 1420. The molecule has 0 spiro atoms. The van der Waals surface area contributed by atoms with E-state index in [4.69, 9.17) is 4.74 Å². The van der Waals surface area contributed by atoms with E-state index in [1.807, 2.05) is 24.3 Å². The van der Waals surface area contributed by atoms with Crippen LogP contribution in [0.5, 0.6) is 5.75 Å². The van der Waals surface area contributed by atoms with Crippen LogP contribution in [0.4, 0.5) is 17.6 Å². The van der Waals surface area contributed by atoms with Gasteiger partial charge in [0.05, 0.1) is 0 Å². The van der Waals surface area contributed by atoms with E-state index in [2.05, 4.69) is 15.3 Å². The van der Waals surface area contributed by atoms with E-state index in [1.54, 1.807) is 49.0 Å². The number of carbonyl (C=O) groups is 2. The van der Waals surface area contributed by atoms with Crippen molar-refractivity contribution in [1.82, 2.24) is 25.1 Å². The molecule has 236 valence electrons. The van der Waals surface area contributed by atoms with E-state index in [9.17, 15) is 22.8 Å². The number of rotatable bonds is 10. The van der Waals surface area contributed by atoms with Crippen molar-refractivity contribution in [3.05, 3.63) is 77.9 Å². The molecule has 3 aromatic rings. The minimum atomic E-state index is -4.62. The van der Waals surface area contributed by atoms with E-state index < -0.39 is 30.2 Å². The molecule has 1 saturated heterocycles. The van der Waals surface area contributed by atoms with E-state index in [0.29, 0.717) is 5.82 Å². The average molecular weight is 616 g/mol. The second-order valence-corrected chi connectivity index (χ2v) is 11.2. The number of benzene rings is 2. The van der Waals surface area contributed by atoms with E-state index in [-0.39, 0.29) is 61.6 Å². The SMILES string of the molecule is CCC(Oc1cccc(F)c1CN1C[C@@H](C)N(C(=O)C(C)C)[C@@H](C(=O)NCc2ccc(-c3ncccn3)cc2)C1)C(F)(F)F. The van der Waals surface area contributed by atoms with Gasteiger partial charge >= 0.3 is 6.18 Å². The Labute approximate surface area is 254 Å². The first kappa shape index (κ1) is 32.8. The lowest BCUT2D eigenvalue weighted by Gasteiger charge is -2.45. The summed E-state index contributed by atoms with van der Waals surface area (Å²) in [5, 5.41) is 2.92. The lowest BCUT2D eigenvalue weighted by molar-refractivity contribution is -0.195. The fourth-order valence-corrected chi connectivity index (χ4v) is 5.27. The van der Waals surface area contributed by atoms with E-state index in [1.165, 1.54) is 19.1 Å². The quantitative estimate of drug-likeness (QED) is 0.309. The van der Waals surface area contributed by atoms with Gasteiger partial charge in [0.15, 0.2) is 11.9 Å². The van der Waals surface area contributed by atoms with Crippen LogP contribution in [0, 0.1) is 11.7 Å². The van der Waals surface area contributed by atoms with Gasteiger partial charge in [-0.05, 0) is 37.1 Å². The first-order valence-corrected chi connectivity index (χ1v) is 14.6. The Morgan fingerprint density at radius 2 is 1.73 bits per heavy atom. The molecule has 1 aliphatic rings. The van der Waals surface area contributed by atoms with Crippen molar-refractivity contribution in [2.75, 3.05) is 13.1 Å². The number of amides is 2. The molecule has 0 radical (unpaired) electrons. The van der Waals surface area contributed by atoms with Crippen molar-refractivity contribution >= 4 is 11.8 Å². The normalized spacial score (nSPS) is 18.2. The third kappa shape index (κ3) is 7.90. The predicted octanol–water partition coefficient (Wildman–Crippen LogP) is 5.38. The van der Waals surface area contributed by atoms with Crippen LogP contribution in [0.2, 0.25) is 0 Å². The minimum absolute atomic E-state index is 0.0346. The highest BCUT2D eigenvalue weighted by Crippen LogP contribution is 2.32. The number of alkyl halides is 3. The Morgan fingerprint density at radius 1 is 1.05 bits per heavy atom. The summed E-state index contributed by atoms with van der Waals surface area (Å²) in [6.07, 6.45) is -3.74. The van der Waals surface area contributed by atoms with Crippen LogP contribution in [0.25, 0.3) is 11.4 Å². The number of carbonyl (C=O) groups excluding carboxylic acids is 2. The van der Waals surface area contributed by atoms with Crippen molar-refractivity contribution in [3.8, 4) is 17.1 Å². The molecule has 1 aromatic heterocycles.